The third kappa shape index (κ3) is 6.51. The van der Waals surface area contributed by atoms with Crippen LogP contribution in [-0.4, -0.2) is 54.7 Å². The number of piperidine rings is 1. The van der Waals surface area contributed by atoms with Crippen molar-refractivity contribution >= 4 is 46.5 Å². The first-order valence-corrected chi connectivity index (χ1v) is 12.6. The van der Waals surface area contributed by atoms with E-state index in [-0.39, 0.29) is 5.91 Å². The van der Waals surface area contributed by atoms with Crippen LogP contribution in [0.5, 0.6) is 0 Å². The number of alkyl halides is 3. The number of likely N-dealkylation sites (tertiary alicyclic amines) is 1. The number of carbonyl (C=O) groups excluding carboxylic acids is 3. The molecule has 0 spiro atoms. The predicted octanol–water partition coefficient (Wildman–Crippen LogP) is 4.20. The van der Waals surface area contributed by atoms with Crippen molar-refractivity contribution in [2.45, 2.75) is 35.7 Å². The summed E-state index contributed by atoms with van der Waals surface area (Å²) in [7, 11) is 0. The van der Waals surface area contributed by atoms with Gasteiger partial charge in [0.25, 0.3) is 11.7 Å². The molecule has 2 heterocycles. The Labute approximate surface area is 203 Å². The minimum atomic E-state index is -5.01. The van der Waals surface area contributed by atoms with Gasteiger partial charge in [-0.3, -0.25) is 9.59 Å². The van der Waals surface area contributed by atoms with E-state index in [9.17, 15) is 27.6 Å². The van der Waals surface area contributed by atoms with Crippen LogP contribution in [-0.2, 0) is 11.3 Å². The summed E-state index contributed by atoms with van der Waals surface area (Å²) in [6.45, 7) is 0.495. The Hall–Kier alpha value is -2.57. The first-order valence-electron chi connectivity index (χ1n) is 10.5. The van der Waals surface area contributed by atoms with Crippen LogP contribution in [0.2, 0.25) is 0 Å². The number of nitrogens with two attached hydrogens (primary N) is 1. The number of amides is 3. The van der Waals surface area contributed by atoms with E-state index in [4.69, 9.17) is 5.73 Å². The van der Waals surface area contributed by atoms with Crippen molar-refractivity contribution in [1.82, 2.24) is 10.2 Å². The first kappa shape index (κ1) is 26.0. The number of nitrogens with one attached hydrogen (secondary N) is 2. The van der Waals surface area contributed by atoms with Crippen LogP contribution in [0, 0.1) is 0 Å². The molecule has 34 heavy (non-hydrogen) atoms. The Kier molecular flexibility index (Phi) is 8.61. The largest absolute Gasteiger partial charge is 0.451 e. The lowest BCUT2D eigenvalue weighted by Gasteiger charge is -2.32. The second-order valence-corrected chi connectivity index (χ2v) is 9.89. The molecule has 2 aromatic rings. The number of thioether (sulfide) groups is 1. The molecule has 12 heteroatoms. The van der Waals surface area contributed by atoms with Gasteiger partial charge in [-0.25, -0.2) is 4.79 Å². The summed E-state index contributed by atoms with van der Waals surface area (Å²) in [6, 6.07) is 8.73. The van der Waals surface area contributed by atoms with E-state index in [0.717, 1.165) is 18.4 Å². The van der Waals surface area contributed by atoms with E-state index in [2.05, 4.69) is 17.4 Å². The number of hydrogen-bond acceptors (Lipinski definition) is 6. The maximum absolute atomic E-state index is 13.0. The lowest BCUT2D eigenvalue weighted by Crippen LogP contribution is -2.38. The van der Waals surface area contributed by atoms with Crippen molar-refractivity contribution in [3.63, 3.8) is 0 Å². The van der Waals surface area contributed by atoms with Gasteiger partial charge in [-0.15, -0.1) is 23.1 Å². The molecule has 0 bridgehead atoms. The number of thiophene rings is 1. The average molecular weight is 515 g/mol. The SMILES string of the molecule is CSc1sc(C(=O)N2CCC(c3cccc(CN)c3)CC2)cc1NC(=O)NCC(=O)C(F)(F)F. The normalized spacial score (nSPS) is 14.7. The predicted molar refractivity (Wildman–Crippen MR) is 126 cm³/mol. The highest BCUT2D eigenvalue weighted by Crippen LogP contribution is 2.36. The second kappa shape index (κ2) is 11.2. The molecule has 3 amide bonds. The fraction of sp³-hybridized carbons (Fsp3) is 0.409. The lowest BCUT2D eigenvalue weighted by atomic mass is 9.88. The quantitative estimate of drug-likeness (QED) is 0.481. The van der Waals surface area contributed by atoms with Crippen LogP contribution >= 0.6 is 23.1 Å². The number of urea groups is 1. The molecule has 184 valence electrons. The van der Waals surface area contributed by atoms with E-state index in [1.54, 1.807) is 11.2 Å². The minimum absolute atomic E-state index is 0.157. The van der Waals surface area contributed by atoms with Gasteiger partial charge < -0.3 is 21.3 Å². The average Bonchev–Trinajstić information content (AvgIpc) is 3.24. The summed E-state index contributed by atoms with van der Waals surface area (Å²) < 4.78 is 37.5. The monoisotopic (exact) mass is 514 g/mol. The maximum atomic E-state index is 13.0. The highest BCUT2D eigenvalue weighted by Gasteiger charge is 2.38. The number of ketones is 1. The molecule has 0 unspecified atom stereocenters. The van der Waals surface area contributed by atoms with E-state index in [1.807, 2.05) is 17.4 Å². The van der Waals surface area contributed by atoms with Crippen molar-refractivity contribution < 1.29 is 27.6 Å². The van der Waals surface area contributed by atoms with Gasteiger partial charge in [-0.1, -0.05) is 24.3 Å². The Morgan fingerprint density at radius 3 is 2.53 bits per heavy atom. The molecule has 1 aromatic carbocycles. The van der Waals surface area contributed by atoms with Gasteiger partial charge in [0.05, 0.1) is 21.3 Å². The fourth-order valence-electron chi connectivity index (χ4n) is 3.69. The molecule has 0 saturated carbocycles. The first-order chi connectivity index (χ1) is 16.1. The number of nitrogens with zero attached hydrogens (tertiary/aromatic N) is 1. The molecule has 7 nitrogen and oxygen atoms in total. The summed E-state index contributed by atoms with van der Waals surface area (Å²) >= 11 is 2.50. The molecule has 0 aliphatic carbocycles. The number of Topliss-reactive ketones (excluding diaryl/α,β-unsaturated/α-hetero) is 1. The molecule has 1 saturated heterocycles. The number of anilines is 1. The second-order valence-electron chi connectivity index (χ2n) is 7.76. The maximum Gasteiger partial charge on any atom is 0.451 e. The third-order valence-electron chi connectivity index (χ3n) is 5.51. The standard InChI is InChI=1S/C22H25F3N4O3S2/c1-33-20-16(28-21(32)27-12-18(30)22(23,24)25)10-17(34-20)19(31)29-7-5-14(6-8-29)15-4-2-3-13(9-15)11-26/h2-4,9-10,14H,5-8,11-12,26H2,1H3,(H2,27,28,32). The van der Waals surface area contributed by atoms with Crippen molar-refractivity contribution in [3.05, 3.63) is 46.3 Å². The summed E-state index contributed by atoms with van der Waals surface area (Å²) in [4.78, 5) is 38.1. The molecule has 4 N–H and O–H groups in total. The van der Waals surface area contributed by atoms with E-state index < -0.39 is 24.5 Å². The van der Waals surface area contributed by atoms with Gasteiger partial charge in [-0.2, -0.15) is 13.2 Å². The number of hydrogen-bond donors (Lipinski definition) is 3. The van der Waals surface area contributed by atoms with Crippen LogP contribution in [0.15, 0.2) is 34.5 Å². The number of halogens is 3. The van der Waals surface area contributed by atoms with Crippen LogP contribution in [0.25, 0.3) is 0 Å². The molecule has 0 radical (unpaired) electrons. The van der Waals surface area contributed by atoms with Gasteiger partial charge in [0, 0.05) is 19.6 Å². The number of carbonyl (C=O) groups is 3. The van der Waals surface area contributed by atoms with Crippen LogP contribution in [0.3, 0.4) is 0 Å². The molecule has 1 aliphatic heterocycles. The molecule has 1 fully saturated rings. The zero-order valence-corrected chi connectivity index (χ0v) is 20.0. The van der Waals surface area contributed by atoms with Crippen molar-refractivity contribution in [3.8, 4) is 0 Å². The molecular formula is C22H25F3N4O3S2. The third-order valence-corrected chi connectivity index (χ3v) is 7.77. The minimum Gasteiger partial charge on any atom is -0.338 e. The number of rotatable bonds is 7. The zero-order chi connectivity index (χ0) is 24.9. The van der Waals surface area contributed by atoms with Gasteiger partial charge in [-0.05, 0) is 42.2 Å². The summed E-state index contributed by atoms with van der Waals surface area (Å²) in [6.07, 6.45) is -1.61. The summed E-state index contributed by atoms with van der Waals surface area (Å²) in [5.41, 5.74) is 8.34. The number of benzene rings is 1. The Bertz CT molecular complexity index is 1050. The van der Waals surface area contributed by atoms with Gasteiger partial charge in [0.1, 0.15) is 0 Å². The van der Waals surface area contributed by atoms with E-state index in [1.165, 1.54) is 34.7 Å². The Morgan fingerprint density at radius 1 is 1.21 bits per heavy atom. The van der Waals surface area contributed by atoms with Gasteiger partial charge in [0.15, 0.2) is 0 Å². The zero-order valence-electron chi connectivity index (χ0n) is 18.4. The molecule has 1 aromatic heterocycles. The van der Waals surface area contributed by atoms with E-state index >= 15 is 0 Å². The highest BCUT2D eigenvalue weighted by molar-refractivity contribution is 8.00. The van der Waals surface area contributed by atoms with Gasteiger partial charge in [0.2, 0.25) is 0 Å². The van der Waals surface area contributed by atoms with Crippen molar-refractivity contribution in [2.75, 3.05) is 31.2 Å². The topological polar surface area (TPSA) is 105 Å². The van der Waals surface area contributed by atoms with Crippen LogP contribution in [0.1, 0.15) is 39.6 Å². The molecule has 3 rings (SSSR count). The van der Waals surface area contributed by atoms with Crippen molar-refractivity contribution in [2.24, 2.45) is 5.73 Å². The highest BCUT2D eigenvalue weighted by atomic mass is 32.2. The summed E-state index contributed by atoms with van der Waals surface area (Å²) in [5, 5.41) is 4.32. The summed E-state index contributed by atoms with van der Waals surface area (Å²) in [5.74, 6) is -1.86. The Balaban J connectivity index is 1.59. The molecular weight excluding hydrogens is 489 g/mol. The smallest absolute Gasteiger partial charge is 0.338 e. The Morgan fingerprint density at radius 2 is 1.91 bits per heavy atom. The van der Waals surface area contributed by atoms with Crippen LogP contribution in [0.4, 0.5) is 23.7 Å². The lowest BCUT2D eigenvalue weighted by molar-refractivity contribution is -0.169. The molecule has 1 aliphatic rings. The van der Waals surface area contributed by atoms with Crippen LogP contribution < -0.4 is 16.4 Å². The van der Waals surface area contributed by atoms with Crippen molar-refractivity contribution in [1.29, 1.82) is 0 Å². The fourth-order valence-corrected chi connectivity index (χ4v) is 5.44. The van der Waals surface area contributed by atoms with E-state index in [0.29, 0.717) is 40.3 Å². The van der Waals surface area contributed by atoms with Gasteiger partial charge >= 0.3 is 12.2 Å². The molecule has 0 atom stereocenters.